The molecule has 3 aliphatic heterocycles. The average molecular weight is 476 g/mol. The lowest BCUT2D eigenvalue weighted by Crippen LogP contribution is -2.63. The van der Waals surface area contributed by atoms with E-state index < -0.39 is 30.0 Å². The maximum atomic E-state index is 12.7. The van der Waals surface area contributed by atoms with Gasteiger partial charge in [-0.2, -0.15) is 0 Å². The fourth-order valence-electron chi connectivity index (χ4n) is 4.81. The quantitative estimate of drug-likeness (QED) is 0.362. The summed E-state index contributed by atoms with van der Waals surface area (Å²) in [4.78, 5) is 50.1. The largest absolute Gasteiger partial charge is 0.478 e. The molecular weight excluding hydrogens is 450 g/mol. The van der Waals surface area contributed by atoms with Crippen LogP contribution in [0.5, 0.6) is 0 Å². The van der Waals surface area contributed by atoms with E-state index >= 15 is 0 Å². The van der Waals surface area contributed by atoms with Crippen LogP contribution in [0.2, 0.25) is 0 Å². The fraction of sp³-hybridized carbons (Fsp3) is 0.455. The van der Waals surface area contributed by atoms with Crippen LogP contribution in [0.25, 0.3) is 0 Å². The zero-order chi connectivity index (χ0) is 24.0. The Bertz CT molecular complexity index is 1060. The van der Waals surface area contributed by atoms with Gasteiger partial charge in [-0.05, 0) is 31.5 Å². The van der Waals surface area contributed by atoms with Gasteiger partial charge in [0.2, 0.25) is 11.8 Å². The molecule has 11 heteroatoms. The minimum atomic E-state index is -1.18. The third kappa shape index (κ3) is 4.11. The number of anilines is 1. The summed E-state index contributed by atoms with van der Waals surface area (Å²) in [6.07, 6.45) is -0.419. The van der Waals surface area contributed by atoms with Crippen molar-refractivity contribution in [1.29, 1.82) is 0 Å². The second kappa shape index (κ2) is 8.81. The summed E-state index contributed by atoms with van der Waals surface area (Å²) < 4.78 is 0. The Morgan fingerprint density at radius 1 is 1.24 bits per heavy atom. The number of β-lactam (4-membered cyclic amide) rings is 1. The molecule has 0 radical (unpaired) electrons. The Labute approximate surface area is 194 Å². The molecule has 5 N–H and O–H groups in total. The van der Waals surface area contributed by atoms with Crippen molar-refractivity contribution in [2.45, 2.75) is 43.7 Å². The third-order valence-corrected chi connectivity index (χ3v) is 7.90. The average Bonchev–Trinajstić information content (AvgIpc) is 3.30. The molecule has 0 bridgehead atoms. The van der Waals surface area contributed by atoms with Crippen molar-refractivity contribution in [2.75, 3.05) is 11.9 Å². The van der Waals surface area contributed by atoms with Gasteiger partial charge in [0.25, 0.3) is 0 Å². The number of fused-ring (bicyclic) bond motifs is 1. The number of aliphatic hydroxyl groups excluding tert-OH is 1. The lowest BCUT2D eigenvalue weighted by molar-refractivity contribution is -0.163. The number of carboxylic acids is 2. The van der Waals surface area contributed by atoms with E-state index in [1.165, 1.54) is 35.7 Å². The number of benzene rings is 1. The van der Waals surface area contributed by atoms with Gasteiger partial charge in [0, 0.05) is 28.3 Å². The first-order chi connectivity index (χ1) is 15.6. The highest BCUT2D eigenvalue weighted by Gasteiger charge is 2.60. The predicted molar refractivity (Wildman–Crippen MR) is 119 cm³/mol. The van der Waals surface area contributed by atoms with Crippen molar-refractivity contribution in [3.8, 4) is 0 Å². The number of carbonyl (C=O) groups excluding carboxylic acids is 2. The van der Waals surface area contributed by atoms with E-state index in [0.717, 1.165) is 0 Å². The molecule has 6 unspecified atom stereocenters. The molecule has 2 fully saturated rings. The number of aliphatic hydroxyl groups is 1. The van der Waals surface area contributed by atoms with Crippen molar-refractivity contribution >= 4 is 41.2 Å². The monoisotopic (exact) mass is 475 g/mol. The van der Waals surface area contributed by atoms with Gasteiger partial charge < -0.3 is 30.9 Å². The van der Waals surface area contributed by atoms with Crippen molar-refractivity contribution in [1.82, 2.24) is 10.2 Å². The van der Waals surface area contributed by atoms with Crippen molar-refractivity contribution in [3.05, 3.63) is 40.4 Å². The Kier molecular flexibility index (Phi) is 6.21. The number of carbonyl (C=O) groups is 4. The van der Waals surface area contributed by atoms with Crippen LogP contribution in [0.3, 0.4) is 0 Å². The second-order valence-corrected chi connectivity index (χ2v) is 9.93. The number of hydrogen-bond acceptors (Lipinski definition) is 7. The molecule has 3 aliphatic rings. The molecule has 10 nitrogen and oxygen atoms in total. The van der Waals surface area contributed by atoms with E-state index in [0.29, 0.717) is 23.6 Å². The zero-order valence-corrected chi connectivity index (χ0v) is 18.8. The standard InChI is InChI=1S/C22H25N3O7S/c1-9-16-15(10(2)26)20(28)25(16)17(22(31)32)18(9)33-13-7-14(23-8-13)19(27)24-12-5-3-4-11(6-12)21(29)30/h3-6,9-10,13-16,23,26H,7-8H2,1-2H3,(H,24,27)(H,29,30)(H,31,32). The lowest BCUT2D eigenvalue weighted by atomic mass is 9.79. The number of aliphatic carboxylic acids is 1. The predicted octanol–water partition coefficient (Wildman–Crippen LogP) is 0.941. The summed E-state index contributed by atoms with van der Waals surface area (Å²) in [5.41, 5.74) is 0.418. The number of thioether (sulfide) groups is 1. The summed E-state index contributed by atoms with van der Waals surface area (Å²) in [6.45, 7) is 3.87. The maximum Gasteiger partial charge on any atom is 0.353 e. The van der Waals surface area contributed by atoms with Gasteiger partial charge in [0.1, 0.15) is 5.70 Å². The van der Waals surface area contributed by atoms with Gasteiger partial charge in [-0.15, -0.1) is 11.8 Å². The highest BCUT2D eigenvalue weighted by molar-refractivity contribution is 8.03. The SMILES string of the molecule is CC(O)C1C(=O)N2C(C(=O)O)=C(SC3CNC(C(=O)Nc4cccc(C(=O)O)c4)C3)C(C)C12. The van der Waals surface area contributed by atoms with Crippen LogP contribution in [-0.2, 0) is 14.4 Å². The number of hydrogen-bond donors (Lipinski definition) is 5. The number of carboxylic acid groups (broad SMARTS) is 2. The Morgan fingerprint density at radius 2 is 1.97 bits per heavy atom. The van der Waals surface area contributed by atoms with E-state index in [9.17, 15) is 29.4 Å². The van der Waals surface area contributed by atoms with Crippen LogP contribution in [-0.4, -0.2) is 74.0 Å². The second-order valence-electron chi connectivity index (χ2n) is 8.58. The number of aromatic carboxylic acids is 1. The van der Waals surface area contributed by atoms with Crippen LogP contribution < -0.4 is 10.6 Å². The minimum Gasteiger partial charge on any atom is -0.478 e. The van der Waals surface area contributed by atoms with Crippen molar-refractivity contribution < 1.29 is 34.5 Å². The zero-order valence-electron chi connectivity index (χ0n) is 18.0. The highest BCUT2D eigenvalue weighted by atomic mass is 32.2. The number of rotatable bonds is 7. The number of nitrogens with zero attached hydrogens (tertiary/aromatic N) is 1. The van der Waals surface area contributed by atoms with Gasteiger partial charge in [0.05, 0.1) is 29.7 Å². The van der Waals surface area contributed by atoms with Gasteiger partial charge in [0.15, 0.2) is 0 Å². The molecular formula is C22H25N3O7S. The summed E-state index contributed by atoms with van der Waals surface area (Å²) in [5, 5.41) is 34.6. The summed E-state index contributed by atoms with van der Waals surface area (Å²) in [5.74, 6) is -3.79. The molecule has 2 amide bonds. The molecule has 2 saturated heterocycles. The van der Waals surface area contributed by atoms with E-state index in [4.69, 9.17) is 5.11 Å². The van der Waals surface area contributed by atoms with Crippen LogP contribution in [0.1, 0.15) is 30.6 Å². The van der Waals surface area contributed by atoms with Crippen molar-refractivity contribution in [3.63, 3.8) is 0 Å². The van der Waals surface area contributed by atoms with Crippen LogP contribution >= 0.6 is 11.8 Å². The minimum absolute atomic E-state index is 0.0298. The number of nitrogens with one attached hydrogen (secondary N) is 2. The highest BCUT2D eigenvalue weighted by Crippen LogP contribution is 2.51. The first kappa shape index (κ1) is 23.3. The third-order valence-electron chi connectivity index (χ3n) is 6.39. The molecule has 0 aliphatic carbocycles. The molecule has 4 rings (SSSR count). The first-order valence-corrected chi connectivity index (χ1v) is 11.5. The molecule has 6 atom stereocenters. The van der Waals surface area contributed by atoms with E-state index in [-0.39, 0.29) is 40.3 Å². The van der Waals surface area contributed by atoms with Crippen molar-refractivity contribution in [2.24, 2.45) is 11.8 Å². The normalized spacial score (nSPS) is 29.5. The molecule has 1 aromatic carbocycles. The summed E-state index contributed by atoms with van der Waals surface area (Å²) in [6, 6.07) is 5.07. The van der Waals surface area contributed by atoms with Crippen LogP contribution in [0.15, 0.2) is 34.9 Å². The smallest absolute Gasteiger partial charge is 0.353 e. The maximum absolute atomic E-state index is 12.7. The molecule has 176 valence electrons. The fourth-order valence-corrected chi connectivity index (χ4v) is 6.29. The summed E-state index contributed by atoms with van der Waals surface area (Å²) >= 11 is 1.36. The van der Waals surface area contributed by atoms with Gasteiger partial charge in [-0.3, -0.25) is 9.59 Å². The van der Waals surface area contributed by atoms with Gasteiger partial charge >= 0.3 is 11.9 Å². The summed E-state index contributed by atoms with van der Waals surface area (Å²) in [7, 11) is 0. The topological polar surface area (TPSA) is 156 Å². The van der Waals surface area contributed by atoms with Gasteiger partial charge in [-0.1, -0.05) is 13.0 Å². The van der Waals surface area contributed by atoms with Gasteiger partial charge in [-0.25, -0.2) is 9.59 Å². The van der Waals surface area contributed by atoms with E-state index in [2.05, 4.69) is 10.6 Å². The van der Waals surface area contributed by atoms with E-state index in [1.807, 2.05) is 6.92 Å². The molecule has 3 heterocycles. The Morgan fingerprint density at radius 3 is 2.61 bits per heavy atom. The van der Waals surface area contributed by atoms with Crippen LogP contribution in [0.4, 0.5) is 5.69 Å². The molecule has 33 heavy (non-hydrogen) atoms. The Hall–Kier alpha value is -2.89. The molecule has 0 spiro atoms. The molecule has 0 saturated carbocycles. The van der Waals surface area contributed by atoms with E-state index in [1.54, 1.807) is 12.1 Å². The molecule has 1 aromatic rings. The lowest BCUT2D eigenvalue weighted by Gasteiger charge is -2.46. The number of amides is 2. The first-order valence-electron chi connectivity index (χ1n) is 10.6. The molecule has 0 aromatic heterocycles. The van der Waals surface area contributed by atoms with Crippen LogP contribution in [0, 0.1) is 11.8 Å². The Balaban J connectivity index is 1.43.